The minimum absolute atomic E-state index is 0.485. The van der Waals surface area contributed by atoms with Crippen molar-refractivity contribution in [3.8, 4) is 5.75 Å². The largest absolute Gasteiger partial charge is 0.495 e. The normalized spacial score (nSPS) is 12.5. The third kappa shape index (κ3) is 3.34. The van der Waals surface area contributed by atoms with E-state index in [1.165, 1.54) is 11.3 Å². The Morgan fingerprint density at radius 3 is 2.37 bits per heavy atom. The van der Waals surface area contributed by atoms with Crippen molar-refractivity contribution < 1.29 is 4.74 Å². The zero-order valence-electron chi connectivity index (χ0n) is 9.52. The number of benzene rings is 1. The van der Waals surface area contributed by atoms with Crippen LogP contribution in [0.4, 0.5) is 0 Å². The Morgan fingerprint density at radius 1 is 1.16 bits per heavy atom. The molecule has 1 aromatic heterocycles. The highest BCUT2D eigenvalue weighted by molar-refractivity contribution is 9.10. The van der Waals surface area contributed by atoms with Gasteiger partial charge in [0.25, 0.3) is 0 Å². The molecular formula is C12H7BrCl4OS. The van der Waals surface area contributed by atoms with Crippen molar-refractivity contribution in [2.75, 3.05) is 7.11 Å². The van der Waals surface area contributed by atoms with Crippen LogP contribution in [0.2, 0.25) is 13.7 Å². The maximum Gasteiger partial charge on any atom is 0.138 e. The number of alkyl halides is 1. The fraction of sp³-hybridized carbons (Fsp3) is 0.167. The number of halogens is 5. The second-order valence-electron chi connectivity index (χ2n) is 3.65. The molecule has 1 nitrogen and oxygen atoms in total. The molecule has 0 saturated heterocycles. The van der Waals surface area contributed by atoms with Crippen molar-refractivity contribution in [1.29, 1.82) is 0 Å². The summed E-state index contributed by atoms with van der Waals surface area (Å²) in [6, 6.07) is 5.25. The van der Waals surface area contributed by atoms with Gasteiger partial charge in [0, 0.05) is 16.1 Å². The highest BCUT2D eigenvalue weighted by Crippen LogP contribution is 2.45. The fourth-order valence-electron chi connectivity index (χ4n) is 1.68. The molecule has 0 aliphatic carbocycles. The van der Waals surface area contributed by atoms with E-state index in [0.29, 0.717) is 19.4 Å². The molecule has 19 heavy (non-hydrogen) atoms. The van der Waals surface area contributed by atoms with Gasteiger partial charge in [0.2, 0.25) is 0 Å². The summed E-state index contributed by atoms with van der Waals surface area (Å²) in [6.07, 6.45) is 0. The van der Waals surface area contributed by atoms with Crippen molar-refractivity contribution in [2.24, 2.45) is 0 Å². The summed E-state index contributed by atoms with van der Waals surface area (Å²) in [5, 5.41) is 0.0759. The molecule has 7 heteroatoms. The number of ether oxygens (including phenoxy) is 1. The van der Waals surface area contributed by atoms with Gasteiger partial charge < -0.3 is 4.74 Å². The Morgan fingerprint density at radius 2 is 1.84 bits per heavy atom. The van der Waals surface area contributed by atoms with Gasteiger partial charge in [0.1, 0.15) is 5.75 Å². The number of methoxy groups -OCH3 is 1. The summed E-state index contributed by atoms with van der Waals surface area (Å²) in [4.78, 5) is 0. The first-order valence-corrected chi connectivity index (χ1v) is 8.23. The van der Waals surface area contributed by atoms with Crippen molar-refractivity contribution in [1.82, 2.24) is 0 Å². The summed E-state index contributed by atoms with van der Waals surface area (Å²) in [5.74, 6) is 0.628. The molecule has 0 saturated carbocycles. The molecule has 2 rings (SSSR count). The summed E-state index contributed by atoms with van der Waals surface area (Å²) in [6.45, 7) is 0. The molecule has 0 amide bonds. The Kier molecular flexibility index (Phi) is 5.32. The highest BCUT2D eigenvalue weighted by atomic mass is 79.9. The predicted octanol–water partition coefficient (Wildman–Crippen LogP) is 6.81. The van der Waals surface area contributed by atoms with Gasteiger partial charge in [-0.25, -0.2) is 0 Å². The van der Waals surface area contributed by atoms with Crippen LogP contribution in [0.25, 0.3) is 0 Å². The van der Waals surface area contributed by atoms with Gasteiger partial charge in [-0.3, -0.25) is 0 Å². The first-order valence-electron chi connectivity index (χ1n) is 5.05. The Balaban J connectivity index is 2.55. The number of hydrogen-bond donors (Lipinski definition) is 0. The molecule has 0 aliphatic rings. The van der Waals surface area contributed by atoms with Crippen LogP contribution in [-0.4, -0.2) is 7.11 Å². The Bertz CT molecular complexity index is 614. The van der Waals surface area contributed by atoms with Crippen LogP contribution in [0.1, 0.15) is 16.5 Å². The molecule has 0 fully saturated rings. The quantitative estimate of drug-likeness (QED) is 0.495. The zero-order chi connectivity index (χ0) is 14.2. The lowest BCUT2D eigenvalue weighted by atomic mass is 10.1. The van der Waals surface area contributed by atoms with E-state index in [1.807, 2.05) is 0 Å². The average molecular weight is 421 g/mol. The van der Waals surface area contributed by atoms with Gasteiger partial charge >= 0.3 is 0 Å². The maximum atomic E-state index is 6.48. The molecule has 1 heterocycles. The number of hydrogen-bond acceptors (Lipinski definition) is 2. The average Bonchev–Trinajstić information content (AvgIpc) is 2.66. The summed E-state index contributed by atoms with van der Waals surface area (Å²) >= 11 is 29.3. The molecule has 0 aliphatic heterocycles. The minimum Gasteiger partial charge on any atom is -0.495 e. The third-order valence-electron chi connectivity index (χ3n) is 2.47. The van der Waals surface area contributed by atoms with Crippen LogP contribution in [0.3, 0.4) is 0 Å². The summed E-state index contributed by atoms with van der Waals surface area (Å²) in [7, 11) is 1.57. The molecule has 0 radical (unpaired) electrons. The van der Waals surface area contributed by atoms with Gasteiger partial charge in [-0.2, -0.15) is 0 Å². The molecule has 0 spiro atoms. The fourth-order valence-corrected chi connectivity index (χ4v) is 4.66. The van der Waals surface area contributed by atoms with Gasteiger partial charge in [0.15, 0.2) is 0 Å². The van der Waals surface area contributed by atoms with Gasteiger partial charge in [-0.05, 0) is 34.1 Å². The highest BCUT2D eigenvalue weighted by Gasteiger charge is 2.22. The molecule has 2 aromatic rings. The van der Waals surface area contributed by atoms with E-state index in [1.54, 1.807) is 25.3 Å². The van der Waals surface area contributed by atoms with Crippen molar-refractivity contribution in [2.45, 2.75) is 5.38 Å². The minimum atomic E-state index is -0.485. The third-order valence-corrected chi connectivity index (χ3v) is 5.27. The maximum absolute atomic E-state index is 6.48. The lowest BCUT2D eigenvalue weighted by Crippen LogP contribution is -1.98. The summed E-state index contributed by atoms with van der Waals surface area (Å²) in [5.41, 5.74) is 1.48. The van der Waals surface area contributed by atoms with Crippen LogP contribution in [0, 0.1) is 0 Å². The SMILES string of the molecule is COc1c(Br)cc(Cl)cc1C(Cl)c1cc(Cl)sc1Cl. The first kappa shape index (κ1) is 15.7. The van der Waals surface area contributed by atoms with E-state index >= 15 is 0 Å². The van der Waals surface area contributed by atoms with Gasteiger partial charge in [-0.15, -0.1) is 22.9 Å². The molecule has 1 unspecified atom stereocenters. The molecule has 1 atom stereocenters. The predicted molar refractivity (Wildman–Crippen MR) is 87.7 cm³/mol. The Hall–Kier alpha value is 0.360. The standard InChI is InChI=1S/C12H7BrCl4OS/c1-18-11-6(2-5(14)3-8(11)13)10(16)7-4-9(15)19-12(7)17/h2-4,10H,1H3. The second-order valence-corrected chi connectivity index (χ2v) is 7.66. The molecule has 0 N–H and O–H groups in total. The first-order chi connectivity index (χ1) is 8.93. The van der Waals surface area contributed by atoms with Crippen LogP contribution < -0.4 is 4.74 Å². The van der Waals surface area contributed by atoms with Crippen molar-refractivity contribution >= 4 is 73.7 Å². The topological polar surface area (TPSA) is 9.23 Å². The number of rotatable bonds is 3. The van der Waals surface area contributed by atoms with E-state index in [4.69, 9.17) is 51.1 Å². The lowest BCUT2D eigenvalue weighted by molar-refractivity contribution is 0.407. The smallest absolute Gasteiger partial charge is 0.138 e. The van der Waals surface area contributed by atoms with E-state index in [9.17, 15) is 0 Å². The molecule has 1 aromatic carbocycles. The Labute approximate surface area is 143 Å². The van der Waals surface area contributed by atoms with Crippen LogP contribution in [0.15, 0.2) is 22.7 Å². The van der Waals surface area contributed by atoms with Crippen molar-refractivity contribution in [3.05, 3.63) is 47.5 Å². The van der Waals surface area contributed by atoms with Gasteiger partial charge in [-0.1, -0.05) is 34.8 Å². The molecular weight excluding hydrogens is 414 g/mol. The van der Waals surface area contributed by atoms with Crippen LogP contribution in [-0.2, 0) is 0 Å². The monoisotopic (exact) mass is 418 g/mol. The van der Waals surface area contributed by atoms with E-state index in [-0.39, 0.29) is 0 Å². The van der Waals surface area contributed by atoms with Crippen molar-refractivity contribution in [3.63, 3.8) is 0 Å². The summed E-state index contributed by atoms with van der Waals surface area (Å²) < 4.78 is 7.24. The zero-order valence-corrected chi connectivity index (χ0v) is 14.9. The number of thiophene rings is 1. The van der Waals surface area contributed by atoms with E-state index in [0.717, 1.165) is 15.6 Å². The van der Waals surface area contributed by atoms with Crippen LogP contribution >= 0.6 is 73.7 Å². The van der Waals surface area contributed by atoms with Crippen LogP contribution in [0.5, 0.6) is 5.75 Å². The second kappa shape index (κ2) is 6.42. The molecule has 0 bridgehead atoms. The lowest BCUT2D eigenvalue weighted by Gasteiger charge is -2.15. The van der Waals surface area contributed by atoms with E-state index < -0.39 is 5.38 Å². The van der Waals surface area contributed by atoms with Gasteiger partial charge in [0.05, 0.1) is 25.6 Å². The molecule has 102 valence electrons. The van der Waals surface area contributed by atoms with E-state index in [2.05, 4.69) is 15.9 Å².